The van der Waals surface area contributed by atoms with Gasteiger partial charge < -0.3 is 15.2 Å². The number of nitriles is 1. The minimum Gasteiger partial charge on any atom is -0.493 e. The summed E-state index contributed by atoms with van der Waals surface area (Å²) >= 11 is 0. The molecule has 0 spiro atoms. The molecular weight excluding hydrogens is 256 g/mol. The van der Waals surface area contributed by atoms with Crippen molar-refractivity contribution in [3.8, 4) is 11.8 Å². The van der Waals surface area contributed by atoms with Gasteiger partial charge in [0.1, 0.15) is 5.75 Å². The fourth-order valence-electron chi connectivity index (χ4n) is 1.88. The molecule has 106 valence electrons. The Morgan fingerprint density at radius 2 is 2.25 bits per heavy atom. The molecule has 5 heteroatoms. The molecule has 20 heavy (non-hydrogen) atoms. The summed E-state index contributed by atoms with van der Waals surface area (Å²) in [6, 6.07) is 9.19. The van der Waals surface area contributed by atoms with Crippen molar-refractivity contribution in [2.24, 2.45) is 5.41 Å². The van der Waals surface area contributed by atoms with E-state index in [1.54, 1.807) is 24.3 Å². The normalized spacial score (nSPS) is 15.2. The molecule has 1 saturated carbocycles. The lowest BCUT2D eigenvalue weighted by Gasteiger charge is -2.12. The first-order valence-electron chi connectivity index (χ1n) is 6.64. The highest BCUT2D eigenvalue weighted by atomic mass is 16.5. The average Bonchev–Trinajstić information content (AvgIpc) is 3.17. The molecule has 0 atom stereocenters. The lowest BCUT2D eigenvalue weighted by Crippen LogP contribution is -2.16. The molecule has 0 saturated heterocycles. The van der Waals surface area contributed by atoms with Crippen LogP contribution in [0.15, 0.2) is 24.3 Å². The van der Waals surface area contributed by atoms with Gasteiger partial charge in [0, 0.05) is 23.6 Å². The Balaban J connectivity index is 1.65. The van der Waals surface area contributed by atoms with Gasteiger partial charge in [-0.15, -0.1) is 0 Å². The minimum atomic E-state index is -0.293. The number of esters is 1. The van der Waals surface area contributed by atoms with E-state index in [0.29, 0.717) is 24.5 Å². The van der Waals surface area contributed by atoms with Gasteiger partial charge in [-0.25, -0.2) is 0 Å². The molecule has 0 unspecified atom stereocenters. The van der Waals surface area contributed by atoms with Crippen LogP contribution in [0.25, 0.3) is 0 Å². The summed E-state index contributed by atoms with van der Waals surface area (Å²) in [7, 11) is 0. The van der Waals surface area contributed by atoms with E-state index in [2.05, 4.69) is 6.07 Å². The van der Waals surface area contributed by atoms with Crippen LogP contribution in [0, 0.1) is 16.7 Å². The zero-order valence-electron chi connectivity index (χ0n) is 11.3. The van der Waals surface area contributed by atoms with Crippen LogP contribution >= 0.6 is 0 Å². The number of ether oxygens (including phenoxy) is 2. The quantitative estimate of drug-likeness (QED) is 0.609. The monoisotopic (exact) mass is 274 g/mol. The highest BCUT2D eigenvalue weighted by Gasteiger charge is 2.43. The van der Waals surface area contributed by atoms with Crippen molar-refractivity contribution in [2.45, 2.75) is 25.7 Å². The summed E-state index contributed by atoms with van der Waals surface area (Å²) in [5, 5.41) is 8.68. The second kappa shape index (κ2) is 6.29. The predicted octanol–water partition coefficient (Wildman–Crippen LogP) is 2.27. The molecular formula is C15H18N2O3. The third kappa shape index (κ3) is 4.16. The van der Waals surface area contributed by atoms with Crippen molar-refractivity contribution in [1.29, 1.82) is 5.26 Å². The number of carbonyl (C=O) groups excluding carboxylic acids is 1. The van der Waals surface area contributed by atoms with E-state index in [1.165, 1.54) is 0 Å². The van der Waals surface area contributed by atoms with E-state index in [0.717, 1.165) is 12.8 Å². The fraction of sp³-hybridized carbons (Fsp3) is 0.467. The maximum atomic E-state index is 11.6. The lowest BCUT2D eigenvalue weighted by atomic mass is 10.1. The largest absolute Gasteiger partial charge is 0.493 e. The van der Waals surface area contributed by atoms with Gasteiger partial charge >= 0.3 is 5.97 Å². The number of hydrogen-bond acceptors (Lipinski definition) is 5. The average molecular weight is 274 g/mol. The van der Waals surface area contributed by atoms with Gasteiger partial charge in [-0.2, -0.15) is 5.26 Å². The van der Waals surface area contributed by atoms with Crippen LogP contribution in [0.4, 0.5) is 5.69 Å². The number of nitrogen functional groups attached to an aromatic ring is 1. The molecule has 1 aliphatic rings. The summed E-state index contributed by atoms with van der Waals surface area (Å²) in [4.78, 5) is 11.6. The molecule has 2 rings (SSSR count). The minimum absolute atomic E-state index is 0.0703. The SMILES string of the molecule is N#CCC1(COC(=O)CCOc2cccc(N)c2)CC1. The number of nitrogens with two attached hydrogens (primary N) is 1. The van der Waals surface area contributed by atoms with Gasteiger partial charge in [0.05, 0.1) is 25.7 Å². The lowest BCUT2D eigenvalue weighted by molar-refractivity contribution is -0.146. The summed E-state index contributed by atoms with van der Waals surface area (Å²) in [5.41, 5.74) is 6.18. The Morgan fingerprint density at radius 1 is 1.45 bits per heavy atom. The summed E-state index contributed by atoms with van der Waals surface area (Å²) in [5.74, 6) is 0.346. The first-order chi connectivity index (χ1) is 9.63. The maximum absolute atomic E-state index is 11.6. The van der Waals surface area contributed by atoms with Gasteiger partial charge in [-0.05, 0) is 25.0 Å². The molecule has 1 aliphatic carbocycles. The maximum Gasteiger partial charge on any atom is 0.309 e. The second-order valence-electron chi connectivity index (χ2n) is 5.17. The molecule has 2 N–H and O–H groups in total. The Morgan fingerprint density at radius 3 is 2.90 bits per heavy atom. The number of nitrogens with zero attached hydrogens (tertiary/aromatic N) is 1. The molecule has 0 aromatic heterocycles. The predicted molar refractivity (Wildman–Crippen MR) is 73.8 cm³/mol. The molecule has 0 radical (unpaired) electrons. The van der Waals surface area contributed by atoms with E-state index < -0.39 is 0 Å². The van der Waals surface area contributed by atoms with E-state index in [4.69, 9.17) is 20.5 Å². The van der Waals surface area contributed by atoms with E-state index in [1.807, 2.05) is 0 Å². The van der Waals surface area contributed by atoms with E-state index in [-0.39, 0.29) is 24.4 Å². The number of carbonyl (C=O) groups is 1. The molecule has 1 aromatic carbocycles. The zero-order chi connectivity index (χ0) is 14.4. The molecule has 1 fully saturated rings. The summed E-state index contributed by atoms with van der Waals surface area (Å²) < 4.78 is 10.6. The van der Waals surface area contributed by atoms with Crippen LogP contribution in [0.1, 0.15) is 25.7 Å². The zero-order valence-corrected chi connectivity index (χ0v) is 11.3. The molecule has 0 amide bonds. The molecule has 5 nitrogen and oxygen atoms in total. The molecule has 0 bridgehead atoms. The van der Waals surface area contributed by atoms with Crippen molar-refractivity contribution < 1.29 is 14.3 Å². The van der Waals surface area contributed by atoms with Crippen molar-refractivity contribution >= 4 is 11.7 Å². The molecule has 1 aromatic rings. The van der Waals surface area contributed by atoms with Crippen LogP contribution in [0.2, 0.25) is 0 Å². The highest BCUT2D eigenvalue weighted by Crippen LogP contribution is 2.48. The first kappa shape index (κ1) is 14.2. The van der Waals surface area contributed by atoms with Crippen LogP contribution in [0.5, 0.6) is 5.75 Å². The summed E-state index contributed by atoms with van der Waals surface area (Å²) in [6.07, 6.45) is 2.58. The summed E-state index contributed by atoms with van der Waals surface area (Å²) in [6.45, 7) is 0.602. The second-order valence-corrected chi connectivity index (χ2v) is 5.17. The number of rotatable bonds is 7. The molecule has 0 aliphatic heterocycles. The Kier molecular flexibility index (Phi) is 4.46. The van der Waals surface area contributed by atoms with Crippen molar-refractivity contribution in [3.63, 3.8) is 0 Å². The third-order valence-corrected chi connectivity index (χ3v) is 3.38. The van der Waals surface area contributed by atoms with Crippen LogP contribution in [-0.2, 0) is 9.53 Å². The van der Waals surface area contributed by atoms with Crippen molar-refractivity contribution in [2.75, 3.05) is 18.9 Å². The van der Waals surface area contributed by atoms with Crippen LogP contribution < -0.4 is 10.5 Å². The van der Waals surface area contributed by atoms with Gasteiger partial charge in [-0.1, -0.05) is 6.07 Å². The van der Waals surface area contributed by atoms with Gasteiger partial charge in [0.2, 0.25) is 0 Å². The highest BCUT2D eigenvalue weighted by molar-refractivity contribution is 5.69. The first-order valence-corrected chi connectivity index (χ1v) is 6.64. The topological polar surface area (TPSA) is 85.3 Å². The van der Waals surface area contributed by atoms with E-state index in [9.17, 15) is 4.79 Å². The Hall–Kier alpha value is -2.22. The van der Waals surface area contributed by atoms with Crippen molar-refractivity contribution in [3.05, 3.63) is 24.3 Å². The Labute approximate surface area is 118 Å². The standard InChI is InChI=1S/C15H18N2O3/c16-8-7-15(5-6-15)11-20-14(18)4-9-19-13-3-1-2-12(17)10-13/h1-3,10H,4-7,9,11,17H2. The third-order valence-electron chi connectivity index (χ3n) is 3.38. The number of anilines is 1. The van der Waals surface area contributed by atoms with Gasteiger partial charge in [0.15, 0.2) is 0 Å². The Bertz CT molecular complexity index is 518. The van der Waals surface area contributed by atoms with Crippen LogP contribution in [-0.4, -0.2) is 19.2 Å². The van der Waals surface area contributed by atoms with Crippen molar-refractivity contribution in [1.82, 2.24) is 0 Å². The van der Waals surface area contributed by atoms with Crippen LogP contribution in [0.3, 0.4) is 0 Å². The van der Waals surface area contributed by atoms with E-state index >= 15 is 0 Å². The number of hydrogen-bond donors (Lipinski definition) is 1. The smallest absolute Gasteiger partial charge is 0.309 e. The number of benzene rings is 1. The van der Waals surface area contributed by atoms with Gasteiger partial charge in [0.25, 0.3) is 0 Å². The molecule has 0 heterocycles. The fourth-order valence-corrected chi connectivity index (χ4v) is 1.88. The van der Waals surface area contributed by atoms with Gasteiger partial charge in [-0.3, -0.25) is 4.79 Å².